The van der Waals surface area contributed by atoms with Crippen LogP contribution >= 0.6 is 0 Å². The highest BCUT2D eigenvalue weighted by Crippen LogP contribution is 2.54. The average molecular weight is 243 g/mol. The quantitative estimate of drug-likeness (QED) is 0.700. The monoisotopic (exact) mass is 243 g/mol. The second-order valence-corrected chi connectivity index (χ2v) is 4.95. The van der Waals surface area contributed by atoms with Gasteiger partial charge < -0.3 is 15.2 Å². The van der Waals surface area contributed by atoms with Crippen LogP contribution in [0.4, 0.5) is 0 Å². The Hall–Kier alpha value is -1.10. The number of carboxylic acids is 1. The van der Waals surface area contributed by atoms with Crippen LogP contribution in [0.15, 0.2) is 0 Å². The molecule has 0 heterocycles. The molecule has 98 valence electrons. The van der Waals surface area contributed by atoms with Crippen molar-refractivity contribution in [1.29, 1.82) is 0 Å². The van der Waals surface area contributed by atoms with E-state index in [9.17, 15) is 9.59 Å². The van der Waals surface area contributed by atoms with Crippen LogP contribution in [0, 0.1) is 11.3 Å². The SMILES string of the molecule is CCC1(C)CC1C(=O)NC(CCOC)C(=O)O. The molecule has 1 rings (SSSR count). The highest BCUT2D eigenvalue weighted by Gasteiger charge is 2.53. The van der Waals surface area contributed by atoms with Crippen LogP contribution in [0.3, 0.4) is 0 Å². The Morgan fingerprint density at radius 1 is 1.59 bits per heavy atom. The lowest BCUT2D eigenvalue weighted by Crippen LogP contribution is -2.42. The zero-order chi connectivity index (χ0) is 13.1. The van der Waals surface area contributed by atoms with Crippen LogP contribution < -0.4 is 5.32 Å². The van der Waals surface area contributed by atoms with Crippen LogP contribution in [0.2, 0.25) is 0 Å². The second kappa shape index (κ2) is 5.49. The number of hydrogen-bond acceptors (Lipinski definition) is 3. The molecular weight excluding hydrogens is 222 g/mol. The van der Waals surface area contributed by atoms with Crippen molar-refractivity contribution in [3.8, 4) is 0 Å². The first kappa shape index (κ1) is 14.0. The van der Waals surface area contributed by atoms with Crippen molar-refractivity contribution in [2.45, 2.75) is 39.2 Å². The van der Waals surface area contributed by atoms with E-state index < -0.39 is 12.0 Å². The van der Waals surface area contributed by atoms with Gasteiger partial charge in [0.05, 0.1) is 0 Å². The number of ether oxygens (including phenoxy) is 1. The first-order valence-electron chi connectivity index (χ1n) is 5.96. The molecule has 0 aromatic rings. The van der Waals surface area contributed by atoms with Crippen LogP contribution in [-0.2, 0) is 14.3 Å². The highest BCUT2D eigenvalue weighted by atomic mass is 16.5. The summed E-state index contributed by atoms with van der Waals surface area (Å²) in [6, 6.07) is -0.843. The first-order valence-corrected chi connectivity index (χ1v) is 5.96. The number of nitrogens with one attached hydrogen (secondary N) is 1. The van der Waals surface area contributed by atoms with Gasteiger partial charge in [0.25, 0.3) is 0 Å². The Morgan fingerprint density at radius 2 is 2.24 bits per heavy atom. The molecule has 17 heavy (non-hydrogen) atoms. The van der Waals surface area contributed by atoms with Crippen molar-refractivity contribution in [3.63, 3.8) is 0 Å². The summed E-state index contributed by atoms with van der Waals surface area (Å²) < 4.78 is 4.83. The van der Waals surface area contributed by atoms with Gasteiger partial charge >= 0.3 is 5.97 Å². The molecule has 0 saturated heterocycles. The van der Waals surface area contributed by atoms with Gasteiger partial charge in [-0.3, -0.25) is 4.79 Å². The summed E-state index contributed by atoms with van der Waals surface area (Å²) in [5.74, 6) is -1.18. The van der Waals surface area contributed by atoms with E-state index >= 15 is 0 Å². The molecular formula is C12H21NO4. The van der Waals surface area contributed by atoms with Crippen LogP contribution in [0.5, 0.6) is 0 Å². The lowest BCUT2D eigenvalue weighted by Gasteiger charge is -2.15. The fourth-order valence-electron chi connectivity index (χ4n) is 1.97. The fraction of sp³-hybridized carbons (Fsp3) is 0.833. The Kier molecular flexibility index (Phi) is 4.51. The number of hydrogen-bond donors (Lipinski definition) is 2. The Bertz CT molecular complexity index is 305. The van der Waals surface area contributed by atoms with Gasteiger partial charge in [-0.1, -0.05) is 13.8 Å². The molecule has 0 bridgehead atoms. The van der Waals surface area contributed by atoms with Crippen LogP contribution in [0.1, 0.15) is 33.1 Å². The van der Waals surface area contributed by atoms with E-state index in [2.05, 4.69) is 12.2 Å². The van der Waals surface area contributed by atoms with Crippen molar-refractivity contribution >= 4 is 11.9 Å². The normalized spacial score (nSPS) is 28.5. The van der Waals surface area contributed by atoms with E-state index in [1.165, 1.54) is 7.11 Å². The predicted octanol–water partition coefficient (Wildman–Crippen LogP) is 1.03. The average Bonchev–Trinajstić information content (AvgIpc) is 2.97. The topological polar surface area (TPSA) is 75.6 Å². The molecule has 2 N–H and O–H groups in total. The van der Waals surface area contributed by atoms with Gasteiger partial charge in [-0.2, -0.15) is 0 Å². The van der Waals surface area contributed by atoms with Gasteiger partial charge in [-0.15, -0.1) is 0 Å². The Balaban J connectivity index is 2.46. The van der Waals surface area contributed by atoms with E-state index in [0.717, 1.165) is 12.8 Å². The minimum Gasteiger partial charge on any atom is -0.480 e. The molecule has 3 atom stereocenters. The van der Waals surface area contributed by atoms with Gasteiger partial charge in [0.15, 0.2) is 0 Å². The third kappa shape index (κ3) is 3.43. The molecule has 3 unspecified atom stereocenters. The molecule has 1 amide bonds. The van der Waals surface area contributed by atoms with Crippen molar-refractivity contribution in [1.82, 2.24) is 5.32 Å². The Labute approximate surface area is 102 Å². The van der Waals surface area contributed by atoms with E-state index in [0.29, 0.717) is 13.0 Å². The van der Waals surface area contributed by atoms with Crippen molar-refractivity contribution in [2.24, 2.45) is 11.3 Å². The number of aliphatic carboxylic acids is 1. The number of methoxy groups -OCH3 is 1. The minimum absolute atomic E-state index is 0.0307. The summed E-state index contributed by atoms with van der Waals surface area (Å²) in [6.45, 7) is 4.43. The molecule has 1 fully saturated rings. The van der Waals surface area contributed by atoms with Crippen LogP contribution in [-0.4, -0.2) is 36.7 Å². The molecule has 5 nitrogen and oxygen atoms in total. The first-order chi connectivity index (χ1) is 7.94. The summed E-state index contributed by atoms with van der Waals surface area (Å²) in [5, 5.41) is 11.6. The number of rotatable bonds is 7. The fourth-order valence-corrected chi connectivity index (χ4v) is 1.97. The molecule has 0 aliphatic heterocycles. The van der Waals surface area contributed by atoms with Crippen molar-refractivity contribution in [3.05, 3.63) is 0 Å². The zero-order valence-electron chi connectivity index (χ0n) is 10.7. The predicted molar refractivity (Wildman–Crippen MR) is 62.6 cm³/mol. The molecule has 0 radical (unpaired) electrons. The maximum absolute atomic E-state index is 11.8. The van der Waals surface area contributed by atoms with Crippen molar-refractivity contribution in [2.75, 3.05) is 13.7 Å². The summed E-state index contributed by atoms with van der Waals surface area (Å²) in [5.41, 5.74) is 0.0639. The van der Waals surface area contributed by atoms with E-state index in [-0.39, 0.29) is 17.2 Å². The second-order valence-electron chi connectivity index (χ2n) is 4.95. The molecule has 1 saturated carbocycles. The van der Waals surface area contributed by atoms with Gasteiger partial charge in [-0.05, 0) is 18.3 Å². The highest BCUT2D eigenvalue weighted by molar-refractivity contribution is 5.87. The maximum atomic E-state index is 11.8. The molecule has 0 aromatic carbocycles. The smallest absolute Gasteiger partial charge is 0.326 e. The lowest BCUT2D eigenvalue weighted by molar-refractivity contribution is -0.142. The molecule has 0 spiro atoms. The maximum Gasteiger partial charge on any atom is 0.326 e. The molecule has 5 heteroatoms. The van der Waals surface area contributed by atoms with E-state index in [1.54, 1.807) is 0 Å². The summed E-state index contributed by atoms with van der Waals surface area (Å²) in [6.07, 6.45) is 2.10. The summed E-state index contributed by atoms with van der Waals surface area (Å²) >= 11 is 0. The summed E-state index contributed by atoms with van der Waals surface area (Å²) in [4.78, 5) is 22.8. The Morgan fingerprint density at radius 3 is 2.65 bits per heavy atom. The number of carbonyl (C=O) groups excluding carboxylic acids is 1. The van der Waals surface area contributed by atoms with Crippen LogP contribution in [0.25, 0.3) is 0 Å². The van der Waals surface area contributed by atoms with E-state index in [1.807, 2.05) is 6.92 Å². The largest absolute Gasteiger partial charge is 0.480 e. The van der Waals surface area contributed by atoms with Gasteiger partial charge in [-0.25, -0.2) is 4.79 Å². The number of carbonyl (C=O) groups is 2. The molecule has 1 aliphatic rings. The lowest BCUT2D eigenvalue weighted by atomic mass is 10.0. The van der Waals surface area contributed by atoms with Gasteiger partial charge in [0.1, 0.15) is 6.04 Å². The minimum atomic E-state index is -1.01. The third-order valence-electron chi connectivity index (χ3n) is 3.70. The molecule has 0 aromatic heterocycles. The molecule has 1 aliphatic carbocycles. The van der Waals surface area contributed by atoms with E-state index in [4.69, 9.17) is 9.84 Å². The van der Waals surface area contributed by atoms with Gasteiger partial charge in [0, 0.05) is 26.1 Å². The third-order valence-corrected chi connectivity index (χ3v) is 3.70. The zero-order valence-corrected chi connectivity index (χ0v) is 10.7. The summed E-state index contributed by atoms with van der Waals surface area (Å²) in [7, 11) is 1.51. The standard InChI is InChI=1S/C12H21NO4/c1-4-12(2)7-8(12)10(14)13-9(11(15)16)5-6-17-3/h8-9H,4-7H2,1-3H3,(H,13,14)(H,15,16). The number of carboxylic acid groups (broad SMARTS) is 1. The van der Waals surface area contributed by atoms with Crippen molar-refractivity contribution < 1.29 is 19.4 Å². The number of amides is 1. The van der Waals surface area contributed by atoms with Gasteiger partial charge in [0.2, 0.25) is 5.91 Å².